The van der Waals surface area contributed by atoms with Gasteiger partial charge >= 0.3 is 0 Å². The van der Waals surface area contributed by atoms with Crippen molar-refractivity contribution in [2.75, 3.05) is 12.5 Å². The topological polar surface area (TPSA) is 23.1 Å². The second-order valence-corrected chi connectivity index (χ2v) is 2.80. The fourth-order valence-electron chi connectivity index (χ4n) is 0. The van der Waals surface area contributed by atoms with Crippen LogP contribution in [0.3, 0.4) is 0 Å². The van der Waals surface area contributed by atoms with Crippen molar-refractivity contribution >= 4 is 11.2 Å². The van der Waals surface area contributed by atoms with E-state index in [2.05, 4.69) is 0 Å². The molecule has 0 aliphatic heterocycles. The molecule has 0 amide bonds. The fraction of sp³-hybridized carbons (Fsp3) is 0.800. The van der Waals surface area contributed by atoms with Gasteiger partial charge in [-0.05, 0) is 6.42 Å². The molecule has 0 aromatic rings. The molecule has 0 bridgehead atoms. The predicted octanol–water partition coefficient (Wildman–Crippen LogP) is 1.23. The minimum atomic E-state index is -0.611. The molecule has 0 atom stereocenters. The van der Waals surface area contributed by atoms with E-state index in [0.717, 1.165) is 0 Å². The van der Waals surface area contributed by atoms with Crippen molar-refractivity contribution in [2.45, 2.75) is 13.8 Å². The van der Waals surface area contributed by atoms with Crippen LogP contribution in [0.5, 0.6) is 0 Å². The van der Waals surface area contributed by atoms with E-state index in [4.69, 9.17) is 0 Å². The molecule has 0 saturated heterocycles. The van der Waals surface area contributed by atoms with E-state index in [0.29, 0.717) is 0 Å². The Hall–Kier alpha value is 0.310. The minimum Gasteiger partial charge on any atom is -0.617 e. The van der Waals surface area contributed by atoms with Gasteiger partial charge in [-0.15, -0.1) is 0 Å². The molecule has 0 aliphatic rings. The van der Waals surface area contributed by atoms with Crippen molar-refractivity contribution in [3.8, 4) is 0 Å². The SMILES string of the molecule is C[CH]C.C[S+](C)[O-]. The zero-order chi connectivity index (χ0) is 6.28. The third kappa shape index (κ3) is 1220. The van der Waals surface area contributed by atoms with Crippen LogP contribution in [0.1, 0.15) is 13.8 Å². The van der Waals surface area contributed by atoms with E-state index in [-0.39, 0.29) is 0 Å². The Bertz CT molecular complexity index is 19.3. The largest absolute Gasteiger partial charge is 0.617 e. The van der Waals surface area contributed by atoms with Gasteiger partial charge < -0.3 is 4.55 Å². The molecular weight excluding hydrogens is 108 g/mol. The van der Waals surface area contributed by atoms with E-state index in [1.54, 1.807) is 12.5 Å². The first kappa shape index (κ1) is 10.3. The molecule has 2 heteroatoms. The lowest BCUT2D eigenvalue weighted by Crippen LogP contribution is -1.86. The Morgan fingerprint density at radius 3 is 1.29 bits per heavy atom. The van der Waals surface area contributed by atoms with Gasteiger partial charge in [-0.25, -0.2) is 0 Å². The molecule has 1 radical (unpaired) electrons. The second-order valence-electron chi connectivity index (χ2n) is 1.32. The maximum Gasteiger partial charge on any atom is 0.0946 e. The highest BCUT2D eigenvalue weighted by Gasteiger charge is 1.66. The van der Waals surface area contributed by atoms with Gasteiger partial charge in [-0.1, -0.05) is 25.0 Å². The van der Waals surface area contributed by atoms with Crippen molar-refractivity contribution in [2.24, 2.45) is 0 Å². The zero-order valence-corrected chi connectivity index (χ0v) is 6.21. The van der Waals surface area contributed by atoms with Gasteiger partial charge in [0.1, 0.15) is 0 Å². The summed E-state index contributed by atoms with van der Waals surface area (Å²) in [6.07, 6.45) is 5.28. The highest BCUT2D eigenvalue weighted by Crippen LogP contribution is 1.61. The van der Waals surface area contributed by atoms with Gasteiger partial charge in [0, 0.05) is 0 Å². The Morgan fingerprint density at radius 2 is 1.29 bits per heavy atom. The van der Waals surface area contributed by atoms with Crippen LogP contribution in [-0.2, 0) is 11.2 Å². The molecule has 7 heavy (non-hydrogen) atoms. The van der Waals surface area contributed by atoms with Crippen LogP contribution < -0.4 is 0 Å². The van der Waals surface area contributed by atoms with Gasteiger partial charge in [-0.2, -0.15) is 0 Å². The maximum absolute atomic E-state index is 9.56. The van der Waals surface area contributed by atoms with E-state index in [1.165, 1.54) is 0 Å². The lowest BCUT2D eigenvalue weighted by Gasteiger charge is -1.87. The summed E-state index contributed by atoms with van der Waals surface area (Å²) in [5.41, 5.74) is 0. The first-order valence-electron chi connectivity index (χ1n) is 2.14. The monoisotopic (exact) mass is 121 g/mol. The quantitative estimate of drug-likeness (QED) is 0.442. The summed E-state index contributed by atoms with van der Waals surface area (Å²) in [6.45, 7) is 4.00. The summed E-state index contributed by atoms with van der Waals surface area (Å²) in [5.74, 6) is 0. The molecule has 0 aliphatic carbocycles. The predicted molar refractivity (Wildman–Crippen MR) is 35.6 cm³/mol. The van der Waals surface area contributed by atoms with Crippen molar-refractivity contribution in [3.05, 3.63) is 6.42 Å². The second kappa shape index (κ2) is 9.58. The first-order valence-corrected chi connectivity index (χ1v) is 4.10. The van der Waals surface area contributed by atoms with Crippen LogP contribution in [0.25, 0.3) is 0 Å². The summed E-state index contributed by atoms with van der Waals surface area (Å²) in [4.78, 5) is 0. The molecule has 0 aromatic carbocycles. The number of hydrogen-bond donors (Lipinski definition) is 0. The molecule has 0 spiro atoms. The van der Waals surface area contributed by atoms with E-state index in [1.807, 2.05) is 20.3 Å². The molecule has 1 nitrogen and oxygen atoms in total. The Morgan fingerprint density at radius 1 is 1.29 bits per heavy atom. The summed E-state index contributed by atoms with van der Waals surface area (Å²) >= 11 is -0.611. The molecule has 0 aromatic heterocycles. The fourth-order valence-corrected chi connectivity index (χ4v) is 0. The van der Waals surface area contributed by atoms with Crippen LogP contribution >= 0.6 is 0 Å². The van der Waals surface area contributed by atoms with E-state index >= 15 is 0 Å². The lowest BCUT2D eigenvalue weighted by molar-refractivity contribution is 0.606. The highest BCUT2D eigenvalue weighted by atomic mass is 32.2. The third-order valence-electron chi connectivity index (χ3n) is 0. The first-order chi connectivity index (χ1) is 3.15. The number of hydrogen-bond acceptors (Lipinski definition) is 1. The lowest BCUT2D eigenvalue weighted by atomic mass is 10.6. The maximum atomic E-state index is 9.56. The Kier molecular flexibility index (Phi) is 14.1. The molecule has 0 unspecified atom stereocenters. The van der Waals surface area contributed by atoms with Crippen LogP contribution in [0.15, 0.2) is 0 Å². The molecule has 0 heterocycles. The summed E-state index contributed by atoms with van der Waals surface area (Å²) in [5, 5.41) is 0. The van der Waals surface area contributed by atoms with Crippen LogP contribution in [0, 0.1) is 6.42 Å². The standard InChI is InChI=1S/C3H7.C2H6OS/c1-3-2;1-4(2)3/h3H,1-2H3;1-2H3. The molecule has 0 N–H and O–H groups in total. The van der Waals surface area contributed by atoms with Crippen molar-refractivity contribution in [1.29, 1.82) is 0 Å². The zero-order valence-electron chi connectivity index (χ0n) is 5.39. The molecular formula is C5H13OS. The average Bonchev–Trinajstić information content (AvgIpc) is 1.33. The van der Waals surface area contributed by atoms with Gasteiger partial charge in [0.2, 0.25) is 0 Å². The van der Waals surface area contributed by atoms with Gasteiger partial charge in [0.05, 0.1) is 12.5 Å². The van der Waals surface area contributed by atoms with Crippen molar-refractivity contribution in [1.82, 2.24) is 0 Å². The van der Waals surface area contributed by atoms with Crippen molar-refractivity contribution < 1.29 is 4.55 Å². The van der Waals surface area contributed by atoms with Gasteiger partial charge in [0.25, 0.3) is 0 Å². The van der Waals surface area contributed by atoms with Crippen LogP contribution in [0.2, 0.25) is 0 Å². The van der Waals surface area contributed by atoms with Crippen molar-refractivity contribution in [3.63, 3.8) is 0 Å². The van der Waals surface area contributed by atoms with Crippen LogP contribution in [0.4, 0.5) is 0 Å². The molecule has 0 fully saturated rings. The summed E-state index contributed by atoms with van der Waals surface area (Å²) in [6, 6.07) is 0. The van der Waals surface area contributed by atoms with E-state index in [9.17, 15) is 4.55 Å². The normalized spacial score (nSPS) is 7.71. The Labute approximate surface area is 49.3 Å². The van der Waals surface area contributed by atoms with E-state index < -0.39 is 11.2 Å². The smallest absolute Gasteiger partial charge is 0.0946 e. The minimum absolute atomic E-state index is 0.611. The average molecular weight is 121 g/mol. The summed E-state index contributed by atoms with van der Waals surface area (Å²) in [7, 11) is 0. The Balaban J connectivity index is 0. The molecule has 0 rings (SSSR count). The van der Waals surface area contributed by atoms with Gasteiger partial charge in [-0.3, -0.25) is 0 Å². The highest BCUT2D eigenvalue weighted by molar-refractivity contribution is 7.89. The molecule has 45 valence electrons. The molecule has 0 saturated carbocycles. The summed E-state index contributed by atoms with van der Waals surface area (Å²) < 4.78 is 9.56. The van der Waals surface area contributed by atoms with Crippen LogP contribution in [-0.4, -0.2) is 17.1 Å². The number of rotatable bonds is 0. The third-order valence-corrected chi connectivity index (χ3v) is 0. The van der Waals surface area contributed by atoms with Gasteiger partial charge in [0.15, 0.2) is 0 Å².